The molecule has 1 aliphatic carbocycles. The van der Waals surface area contributed by atoms with Gasteiger partial charge in [0, 0.05) is 43.5 Å². The fourth-order valence-electron chi connectivity index (χ4n) is 4.40. The number of fused-ring (bicyclic) bond motifs is 1. The van der Waals surface area contributed by atoms with Crippen molar-refractivity contribution in [3.63, 3.8) is 0 Å². The zero-order chi connectivity index (χ0) is 20.0. The van der Waals surface area contributed by atoms with E-state index in [0.29, 0.717) is 29.1 Å². The molecule has 0 radical (unpaired) electrons. The van der Waals surface area contributed by atoms with Crippen molar-refractivity contribution in [2.24, 2.45) is 11.8 Å². The van der Waals surface area contributed by atoms with E-state index in [9.17, 15) is 9.59 Å². The number of likely N-dealkylation sites (tertiary alicyclic amines) is 1. The van der Waals surface area contributed by atoms with E-state index < -0.39 is 0 Å². The summed E-state index contributed by atoms with van der Waals surface area (Å²) in [6.45, 7) is 4.57. The zero-order valence-corrected chi connectivity index (χ0v) is 16.7. The van der Waals surface area contributed by atoms with Crippen LogP contribution >= 0.6 is 0 Å². The maximum absolute atomic E-state index is 12.7. The topological polar surface area (TPSA) is 71.0 Å². The predicted octanol–water partition coefficient (Wildman–Crippen LogP) is 3.35. The van der Waals surface area contributed by atoms with Crippen molar-refractivity contribution >= 4 is 16.8 Å². The average molecular weight is 390 g/mol. The van der Waals surface area contributed by atoms with Crippen molar-refractivity contribution in [3.05, 3.63) is 52.6 Å². The predicted molar refractivity (Wildman–Crippen MR) is 113 cm³/mol. The van der Waals surface area contributed by atoms with Crippen LogP contribution in [-0.4, -0.2) is 38.4 Å². The molecule has 1 saturated carbocycles. The number of H-pyrrole nitrogens is 1. The van der Waals surface area contributed by atoms with Crippen LogP contribution < -0.4 is 5.56 Å². The van der Waals surface area contributed by atoms with Crippen LogP contribution in [0.5, 0.6) is 0 Å². The van der Waals surface area contributed by atoms with Crippen molar-refractivity contribution in [1.82, 2.24) is 19.4 Å². The Kier molecular flexibility index (Phi) is 4.49. The summed E-state index contributed by atoms with van der Waals surface area (Å²) in [7, 11) is 0. The minimum Gasteiger partial charge on any atom is -0.342 e. The molecule has 2 aliphatic rings. The highest BCUT2D eigenvalue weighted by Crippen LogP contribution is 2.33. The van der Waals surface area contributed by atoms with Crippen LogP contribution in [0.25, 0.3) is 22.3 Å². The third-order valence-electron chi connectivity index (χ3n) is 6.26. The molecule has 6 nitrogen and oxygen atoms in total. The molecular formula is C23H26N4O2. The molecule has 0 spiro atoms. The van der Waals surface area contributed by atoms with E-state index in [0.717, 1.165) is 61.8 Å². The first-order valence-electron chi connectivity index (χ1n) is 10.5. The number of rotatable bonds is 4. The fourth-order valence-corrected chi connectivity index (χ4v) is 4.40. The summed E-state index contributed by atoms with van der Waals surface area (Å²) in [6, 6.07) is 7.96. The summed E-state index contributed by atoms with van der Waals surface area (Å²) in [4.78, 5) is 34.5. The van der Waals surface area contributed by atoms with Crippen LogP contribution in [0.4, 0.5) is 0 Å². The second kappa shape index (κ2) is 7.17. The van der Waals surface area contributed by atoms with Crippen LogP contribution in [0.1, 0.15) is 31.2 Å². The second-order valence-electron chi connectivity index (χ2n) is 8.55. The highest BCUT2D eigenvalue weighted by Gasteiger charge is 2.35. The van der Waals surface area contributed by atoms with E-state index in [2.05, 4.69) is 20.6 Å². The number of nitrogens with one attached hydrogen (secondary N) is 1. The van der Waals surface area contributed by atoms with Gasteiger partial charge in [-0.05, 0) is 62.1 Å². The number of aryl methyl sites for hydroxylation is 1. The lowest BCUT2D eigenvalue weighted by atomic mass is 9.96. The molecule has 1 aliphatic heterocycles. The van der Waals surface area contributed by atoms with Crippen LogP contribution in [-0.2, 0) is 11.3 Å². The monoisotopic (exact) mass is 390 g/mol. The molecule has 1 amide bonds. The number of aromatic nitrogens is 3. The minimum absolute atomic E-state index is 0.112. The van der Waals surface area contributed by atoms with Crippen LogP contribution in [0.2, 0.25) is 0 Å². The maximum atomic E-state index is 12.7. The number of carbonyl (C=O) groups excluding carboxylic acids is 1. The van der Waals surface area contributed by atoms with Gasteiger partial charge in [0.2, 0.25) is 5.91 Å². The van der Waals surface area contributed by atoms with Gasteiger partial charge in [-0.2, -0.15) is 0 Å². The number of hydrogen-bond donors (Lipinski definition) is 1. The summed E-state index contributed by atoms with van der Waals surface area (Å²) in [5.41, 5.74) is 2.50. The fraction of sp³-hybridized carbons (Fsp3) is 0.435. The Bertz CT molecular complexity index is 1120. The van der Waals surface area contributed by atoms with E-state index in [1.807, 2.05) is 36.2 Å². The Morgan fingerprint density at radius 1 is 1.17 bits per heavy atom. The third-order valence-corrected chi connectivity index (χ3v) is 6.26. The Labute approximate surface area is 169 Å². The first kappa shape index (κ1) is 18.2. The van der Waals surface area contributed by atoms with Gasteiger partial charge in [-0.25, -0.2) is 4.98 Å². The van der Waals surface area contributed by atoms with E-state index in [4.69, 9.17) is 0 Å². The number of carbonyl (C=O) groups is 1. The summed E-state index contributed by atoms with van der Waals surface area (Å²) in [6.07, 6.45) is 7.86. The number of aromatic amines is 1. The van der Waals surface area contributed by atoms with Crippen molar-refractivity contribution in [2.75, 3.05) is 13.1 Å². The Balaban J connectivity index is 1.35. The van der Waals surface area contributed by atoms with Crippen LogP contribution in [0, 0.1) is 18.8 Å². The van der Waals surface area contributed by atoms with Gasteiger partial charge in [0.05, 0.1) is 5.56 Å². The maximum Gasteiger partial charge on any atom is 0.259 e. The standard InChI is InChI=1S/C23H26N4O2/c1-15-2-5-20-18(12-15)13-19(22(28)25-20)21-24-8-11-27(21)14-16-6-9-26(10-7-16)23(29)17-3-4-17/h2,5,8,11-13,16-17H,3-4,6-7,9-10,14H2,1H3,(H,25,28). The van der Waals surface area contributed by atoms with Gasteiger partial charge in [-0.3, -0.25) is 9.59 Å². The van der Waals surface area contributed by atoms with Crippen LogP contribution in [0.15, 0.2) is 41.5 Å². The highest BCUT2D eigenvalue weighted by atomic mass is 16.2. The SMILES string of the molecule is Cc1ccc2[nH]c(=O)c(-c3nccn3CC3CCN(C(=O)C4CC4)CC3)cc2c1. The molecule has 2 fully saturated rings. The summed E-state index contributed by atoms with van der Waals surface area (Å²) < 4.78 is 2.09. The lowest BCUT2D eigenvalue weighted by Crippen LogP contribution is -2.40. The molecule has 150 valence electrons. The molecule has 3 heterocycles. The number of piperidine rings is 1. The Morgan fingerprint density at radius 3 is 2.72 bits per heavy atom. The van der Waals surface area contributed by atoms with Gasteiger partial charge < -0.3 is 14.5 Å². The molecule has 3 aromatic rings. The normalized spacial score (nSPS) is 17.8. The smallest absolute Gasteiger partial charge is 0.259 e. The lowest BCUT2D eigenvalue weighted by molar-refractivity contribution is -0.134. The van der Waals surface area contributed by atoms with Crippen molar-refractivity contribution in [1.29, 1.82) is 0 Å². The highest BCUT2D eigenvalue weighted by molar-refractivity contribution is 5.83. The first-order valence-corrected chi connectivity index (χ1v) is 10.5. The molecule has 1 N–H and O–H groups in total. The van der Waals surface area contributed by atoms with E-state index in [1.54, 1.807) is 6.20 Å². The molecule has 1 aromatic carbocycles. The number of nitrogens with zero attached hydrogens (tertiary/aromatic N) is 3. The summed E-state index contributed by atoms with van der Waals surface area (Å²) in [5.74, 6) is 1.86. The molecule has 0 bridgehead atoms. The molecule has 5 rings (SSSR count). The molecule has 0 atom stereocenters. The zero-order valence-electron chi connectivity index (χ0n) is 16.7. The number of pyridine rings is 1. The number of benzene rings is 1. The molecule has 6 heteroatoms. The average Bonchev–Trinajstić information content (AvgIpc) is 3.48. The van der Waals surface area contributed by atoms with E-state index in [-0.39, 0.29) is 5.56 Å². The number of hydrogen-bond acceptors (Lipinski definition) is 3. The molecule has 29 heavy (non-hydrogen) atoms. The van der Waals surface area contributed by atoms with Gasteiger partial charge in [-0.1, -0.05) is 11.6 Å². The van der Waals surface area contributed by atoms with Gasteiger partial charge in [0.25, 0.3) is 5.56 Å². The Morgan fingerprint density at radius 2 is 1.97 bits per heavy atom. The number of imidazole rings is 1. The first-order chi connectivity index (χ1) is 14.1. The van der Waals surface area contributed by atoms with Crippen molar-refractivity contribution < 1.29 is 4.79 Å². The molecular weight excluding hydrogens is 364 g/mol. The van der Waals surface area contributed by atoms with Gasteiger partial charge in [0.1, 0.15) is 5.82 Å². The van der Waals surface area contributed by atoms with Crippen LogP contribution in [0.3, 0.4) is 0 Å². The molecule has 2 aromatic heterocycles. The largest absolute Gasteiger partial charge is 0.342 e. The Hall–Kier alpha value is -2.89. The quantitative estimate of drug-likeness (QED) is 0.743. The van der Waals surface area contributed by atoms with Gasteiger partial charge in [0.15, 0.2) is 0 Å². The molecule has 1 saturated heterocycles. The summed E-state index contributed by atoms with van der Waals surface area (Å²) >= 11 is 0. The number of amides is 1. The van der Waals surface area contributed by atoms with E-state index in [1.165, 1.54) is 0 Å². The van der Waals surface area contributed by atoms with E-state index >= 15 is 0 Å². The van der Waals surface area contributed by atoms with Crippen molar-refractivity contribution in [2.45, 2.75) is 39.2 Å². The van der Waals surface area contributed by atoms with Gasteiger partial charge >= 0.3 is 0 Å². The van der Waals surface area contributed by atoms with Gasteiger partial charge in [-0.15, -0.1) is 0 Å². The second-order valence-corrected chi connectivity index (χ2v) is 8.55. The lowest BCUT2D eigenvalue weighted by Gasteiger charge is -2.32. The molecule has 0 unspecified atom stereocenters. The minimum atomic E-state index is -0.112. The summed E-state index contributed by atoms with van der Waals surface area (Å²) in [5, 5.41) is 1.01. The van der Waals surface area contributed by atoms with Crippen molar-refractivity contribution in [3.8, 4) is 11.4 Å². The third kappa shape index (κ3) is 3.59.